The third-order valence-corrected chi connectivity index (χ3v) is 3.15. The molecule has 4 nitrogen and oxygen atoms in total. The van der Waals surface area contributed by atoms with Gasteiger partial charge in [-0.05, 0) is 23.6 Å². The highest BCUT2D eigenvalue weighted by Gasteiger charge is 2.17. The first-order valence-electron chi connectivity index (χ1n) is 6.01. The average molecular weight is 238 g/mol. The van der Waals surface area contributed by atoms with Crippen molar-refractivity contribution in [2.45, 2.75) is 12.5 Å². The number of nitrogens with zero attached hydrogens (tertiary/aromatic N) is 3. The van der Waals surface area contributed by atoms with Crippen LogP contribution >= 0.6 is 0 Å². The van der Waals surface area contributed by atoms with Crippen molar-refractivity contribution in [2.75, 3.05) is 6.54 Å². The molecule has 3 heterocycles. The Morgan fingerprint density at radius 3 is 2.78 bits per heavy atom. The fraction of sp³-hybridized carbons (Fsp3) is 0.214. The lowest BCUT2D eigenvalue weighted by molar-refractivity contribution is 0.561. The fourth-order valence-corrected chi connectivity index (χ4v) is 2.22. The summed E-state index contributed by atoms with van der Waals surface area (Å²) in [5, 5.41) is 3.48. The lowest BCUT2D eigenvalue weighted by Gasteiger charge is -2.24. The number of rotatable bonds is 2. The molecule has 1 aliphatic rings. The third-order valence-electron chi connectivity index (χ3n) is 3.15. The van der Waals surface area contributed by atoms with E-state index in [1.807, 2.05) is 24.7 Å². The zero-order valence-electron chi connectivity index (χ0n) is 9.95. The second-order valence-corrected chi connectivity index (χ2v) is 4.31. The van der Waals surface area contributed by atoms with Crippen molar-refractivity contribution in [3.8, 4) is 0 Å². The molecule has 0 radical (unpaired) electrons. The van der Waals surface area contributed by atoms with Gasteiger partial charge in [-0.1, -0.05) is 12.1 Å². The summed E-state index contributed by atoms with van der Waals surface area (Å²) in [4.78, 5) is 12.3. The van der Waals surface area contributed by atoms with Crippen molar-refractivity contribution in [1.29, 1.82) is 0 Å². The second kappa shape index (κ2) is 5.06. The number of pyridine rings is 1. The normalized spacial score (nSPS) is 19.3. The average Bonchev–Trinajstić information content (AvgIpc) is 2.49. The standard InChI is InChI=1S/C14H14N4/c1-2-12(7-15-4-1)14-6-11(3-5-18-14)13-8-16-10-17-9-13/h1-4,7-10,14,18H,5-6H2/t14-/m0/s1. The molecular formula is C14H14N4. The van der Waals surface area contributed by atoms with E-state index in [0.29, 0.717) is 6.04 Å². The van der Waals surface area contributed by atoms with Crippen molar-refractivity contribution >= 4 is 5.57 Å². The Morgan fingerprint density at radius 1 is 1.11 bits per heavy atom. The molecule has 0 saturated carbocycles. The highest BCUT2D eigenvalue weighted by Crippen LogP contribution is 2.28. The molecule has 0 aliphatic carbocycles. The molecule has 0 amide bonds. The van der Waals surface area contributed by atoms with Gasteiger partial charge in [0.15, 0.2) is 0 Å². The summed E-state index contributed by atoms with van der Waals surface area (Å²) in [6.07, 6.45) is 12.2. The van der Waals surface area contributed by atoms with Gasteiger partial charge in [0.25, 0.3) is 0 Å². The van der Waals surface area contributed by atoms with Crippen LogP contribution in [0.4, 0.5) is 0 Å². The molecule has 0 fully saturated rings. The van der Waals surface area contributed by atoms with Gasteiger partial charge < -0.3 is 5.32 Å². The lowest BCUT2D eigenvalue weighted by Crippen LogP contribution is -2.25. The van der Waals surface area contributed by atoms with Crippen molar-refractivity contribution in [2.24, 2.45) is 0 Å². The van der Waals surface area contributed by atoms with Gasteiger partial charge in [0, 0.05) is 42.9 Å². The van der Waals surface area contributed by atoms with E-state index in [2.05, 4.69) is 32.4 Å². The van der Waals surface area contributed by atoms with E-state index in [1.54, 1.807) is 12.5 Å². The minimum absolute atomic E-state index is 0.318. The van der Waals surface area contributed by atoms with E-state index >= 15 is 0 Å². The van der Waals surface area contributed by atoms with E-state index in [9.17, 15) is 0 Å². The summed E-state index contributed by atoms with van der Waals surface area (Å²) in [6, 6.07) is 4.40. The topological polar surface area (TPSA) is 50.7 Å². The molecular weight excluding hydrogens is 224 g/mol. The van der Waals surface area contributed by atoms with Gasteiger partial charge in [-0.25, -0.2) is 9.97 Å². The molecule has 1 N–H and O–H groups in total. The van der Waals surface area contributed by atoms with E-state index < -0.39 is 0 Å². The number of nitrogens with one attached hydrogen (secondary N) is 1. The van der Waals surface area contributed by atoms with Crippen molar-refractivity contribution in [3.05, 3.63) is 60.5 Å². The first-order chi connectivity index (χ1) is 8.93. The van der Waals surface area contributed by atoms with Crippen LogP contribution in [-0.4, -0.2) is 21.5 Å². The molecule has 1 aliphatic heterocycles. The quantitative estimate of drug-likeness (QED) is 0.869. The summed E-state index contributed by atoms with van der Waals surface area (Å²) >= 11 is 0. The van der Waals surface area contributed by atoms with Gasteiger partial charge >= 0.3 is 0 Å². The van der Waals surface area contributed by atoms with Gasteiger partial charge in [0.2, 0.25) is 0 Å². The number of hydrogen-bond acceptors (Lipinski definition) is 4. The number of hydrogen-bond donors (Lipinski definition) is 1. The monoisotopic (exact) mass is 238 g/mol. The first kappa shape index (κ1) is 11.0. The summed E-state index contributed by atoms with van der Waals surface area (Å²) < 4.78 is 0. The minimum atomic E-state index is 0.318. The van der Waals surface area contributed by atoms with Crippen molar-refractivity contribution in [1.82, 2.24) is 20.3 Å². The van der Waals surface area contributed by atoms with Gasteiger partial charge in [0.1, 0.15) is 6.33 Å². The molecule has 3 rings (SSSR count). The van der Waals surface area contributed by atoms with Crippen LogP contribution in [0.25, 0.3) is 5.57 Å². The molecule has 0 spiro atoms. The Bertz CT molecular complexity index is 536. The second-order valence-electron chi connectivity index (χ2n) is 4.31. The molecule has 2 aromatic heterocycles. The van der Waals surface area contributed by atoms with Crippen LogP contribution < -0.4 is 5.32 Å². The summed E-state index contributed by atoms with van der Waals surface area (Å²) in [6.45, 7) is 0.865. The smallest absolute Gasteiger partial charge is 0.115 e. The van der Waals surface area contributed by atoms with Crippen molar-refractivity contribution in [3.63, 3.8) is 0 Å². The Kier molecular flexibility index (Phi) is 3.10. The van der Waals surface area contributed by atoms with Gasteiger partial charge in [-0.3, -0.25) is 4.98 Å². The molecule has 0 unspecified atom stereocenters. The highest BCUT2D eigenvalue weighted by molar-refractivity contribution is 5.66. The van der Waals surface area contributed by atoms with Crippen LogP contribution in [0.2, 0.25) is 0 Å². The van der Waals surface area contributed by atoms with Crippen LogP contribution in [0.1, 0.15) is 23.6 Å². The SMILES string of the molecule is C1=C(c2cncnc2)C[C@@H](c2cccnc2)NC1. The molecule has 0 bridgehead atoms. The highest BCUT2D eigenvalue weighted by atomic mass is 14.9. The van der Waals surface area contributed by atoms with Gasteiger partial charge in [-0.2, -0.15) is 0 Å². The molecule has 1 atom stereocenters. The maximum Gasteiger partial charge on any atom is 0.115 e. The Hall–Kier alpha value is -2.07. The fourth-order valence-electron chi connectivity index (χ4n) is 2.22. The maximum atomic E-state index is 4.17. The first-order valence-corrected chi connectivity index (χ1v) is 6.01. The van der Waals surface area contributed by atoms with E-state index in [4.69, 9.17) is 0 Å². The van der Waals surface area contributed by atoms with Gasteiger partial charge in [-0.15, -0.1) is 0 Å². The largest absolute Gasteiger partial charge is 0.306 e. The minimum Gasteiger partial charge on any atom is -0.306 e. The van der Waals surface area contributed by atoms with Crippen LogP contribution in [0.3, 0.4) is 0 Å². The third kappa shape index (κ3) is 2.28. The molecule has 2 aromatic rings. The Morgan fingerprint density at radius 2 is 2.00 bits per heavy atom. The molecule has 0 aromatic carbocycles. The molecule has 90 valence electrons. The Labute approximate surface area is 106 Å². The maximum absolute atomic E-state index is 4.17. The zero-order valence-corrected chi connectivity index (χ0v) is 9.95. The lowest BCUT2D eigenvalue weighted by atomic mass is 9.93. The van der Waals surface area contributed by atoms with E-state index in [-0.39, 0.29) is 0 Å². The van der Waals surface area contributed by atoms with E-state index in [1.165, 1.54) is 11.1 Å². The molecule has 18 heavy (non-hydrogen) atoms. The van der Waals surface area contributed by atoms with Gasteiger partial charge in [0.05, 0.1) is 0 Å². The predicted molar refractivity (Wildman–Crippen MR) is 69.6 cm³/mol. The summed E-state index contributed by atoms with van der Waals surface area (Å²) in [5.74, 6) is 0. The van der Waals surface area contributed by atoms with Crippen LogP contribution in [0, 0.1) is 0 Å². The van der Waals surface area contributed by atoms with Crippen LogP contribution in [0.15, 0.2) is 49.3 Å². The predicted octanol–water partition coefficient (Wildman–Crippen LogP) is 1.99. The molecule has 4 heteroatoms. The molecule has 0 saturated heterocycles. The summed E-state index contributed by atoms with van der Waals surface area (Å²) in [7, 11) is 0. The van der Waals surface area contributed by atoms with Crippen LogP contribution in [0.5, 0.6) is 0 Å². The number of aromatic nitrogens is 3. The van der Waals surface area contributed by atoms with Crippen LogP contribution in [-0.2, 0) is 0 Å². The Balaban J connectivity index is 1.82. The van der Waals surface area contributed by atoms with Crippen molar-refractivity contribution < 1.29 is 0 Å². The zero-order chi connectivity index (χ0) is 12.2. The summed E-state index contributed by atoms with van der Waals surface area (Å²) in [5.41, 5.74) is 3.62. The van der Waals surface area contributed by atoms with E-state index in [0.717, 1.165) is 18.5 Å².